The van der Waals surface area contributed by atoms with Gasteiger partial charge >= 0.3 is 0 Å². The molecule has 10 heavy (non-hydrogen) atoms. The van der Waals surface area contributed by atoms with E-state index in [1.54, 1.807) is 0 Å². The van der Waals surface area contributed by atoms with Crippen molar-refractivity contribution in [2.45, 2.75) is 13.5 Å². The van der Waals surface area contributed by atoms with Crippen molar-refractivity contribution in [1.82, 2.24) is 4.98 Å². The van der Waals surface area contributed by atoms with E-state index in [0.717, 1.165) is 11.3 Å². The Bertz CT molecular complexity index is 235. The van der Waals surface area contributed by atoms with Gasteiger partial charge in [0.1, 0.15) is 5.15 Å². The van der Waals surface area contributed by atoms with E-state index < -0.39 is 0 Å². The van der Waals surface area contributed by atoms with Gasteiger partial charge in [-0.25, -0.2) is 4.98 Å². The summed E-state index contributed by atoms with van der Waals surface area (Å²) < 4.78 is 0. The number of rotatable bonds is 1. The predicted octanol–water partition coefficient (Wildman–Crippen LogP) is 1.50. The van der Waals surface area contributed by atoms with E-state index in [9.17, 15) is 0 Å². The van der Waals surface area contributed by atoms with Crippen LogP contribution < -0.4 is 5.73 Å². The van der Waals surface area contributed by atoms with E-state index in [-0.39, 0.29) is 0 Å². The van der Waals surface area contributed by atoms with Crippen LogP contribution in [0, 0.1) is 6.92 Å². The second-order valence-corrected chi connectivity index (χ2v) is 2.47. The first-order valence-electron chi connectivity index (χ1n) is 3.06. The van der Waals surface area contributed by atoms with Crippen LogP contribution in [0.2, 0.25) is 5.15 Å². The fourth-order valence-corrected chi connectivity index (χ4v) is 0.827. The van der Waals surface area contributed by atoms with E-state index in [1.807, 2.05) is 19.1 Å². The number of aryl methyl sites for hydroxylation is 1. The first kappa shape index (κ1) is 7.51. The molecule has 0 aliphatic heterocycles. The van der Waals surface area contributed by atoms with Crippen molar-refractivity contribution in [1.29, 1.82) is 0 Å². The zero-order valence-corrected chi connectivity index (χ0v) is 6.52. The molecule has 0 aromatic carbocycles. The maximum atomic E-state index is 5.73. The van der Waals surface area contributed by atoms with Crippen LogP contribution in [-0.4, -0.2) is 4.98 Å². The molecule has 0 atom stereocenters. The van der Waals surface area contributed by atoms with Gasteiger partial charge in [0.25, 0.3) is 0 Å². The van der Waals surface area contributed by atoms with E-state index in [0.29, 0.717) is 11.7 Å². The van der Waals surface area contributed by atoms with Crippen molar-refractivity contribution in [2.75, 3.05) is 0 Å². The molecule has 2 nitrogen and oxygen atoms in total. The van der Waals surface area contributed by atoms with Crippen molar-refractivity contribution in [3.63, 3.8) is 0 Å². The van der Waals surface area contributed by atoms with Gasteiger partial charge in [-0.15, -0.1) is 0 Å². The Morgan fingerprint density at radius 1 is 1.60 bits per heavy atom. The minimum absolute atomic E-state index is 0.444. The molecular weight excluding hydrogens is 148 g/mol. The standard InChI is InChI=1S/C7H9ClN2/c1-5-2-3-6(4-9)10-7(5)8/h2-3H,4,9H2,1H3. The first-order valence-corrected chi connectivity index (χ1v) is 3.44. The Labute approximate surface area is 65.0 Å². The van der Waals surface area contributed by atoms with Crippen LogP contribution >= 0.6 is 11.6 Å². The molecule has 1 aromatic rings. The molecule has 0 spiro atoms. The third-order valence-corrected chi connectivity index (χ3v) is 1.68. The van der Waals surface area contributed by atoms with Crippen LogP contribution in [0.4, 0.5) is 0 Å². The number of pyridine rings is 1. The molecule has 0 saturated heterocycles. The minimum Gasteiger partial charge on any atom is -0.325 e. The second kappa shape index (κ2) is 2.99. The number of aromatic nitrogens is 1. The van der Waals surface area contributed by atoms with Crippen molar-refractivity contribution in [3.05, 3.63) is 28.5 Å². The number of hydrogen-bond donors (Lipinski definition) is 1. The van der Waals surface area contributed by atoms with Gasteiger partial charge in [0.2, 0.25) is 0 Å². The largest absolute Gasteiger partial charge is 0.325 e. The molecule has 0 aliphatic carbocycles. The SMILES string of the molecule is Cc1ccc(CN)nc1Cl. The van der Waals surface area contributed by atoms with Crippen LogP contribution in [0.5, 0.6) is 0 Å². The molecule has 0 bridgehead atoms. The fraction of sp³-hybridized carbons (Fsp3) is 0.286. The monoisotopic (exact) mass is 156 g/mol. The normalized spacial score (nSPS) is 9.90. The van der Waals surface area contributed by atoms with Gasteiger partial charge in [-0.3, -0.25) is 0 Å². The summed E-state index contributed by atoms with van der Waals surface area (Å²) in [6.45, 7) is 2.36. The highest BCUT2D eigenvalue weighted by Gasteiger charge is 1.95. The smallest absolute Gasteiger partial charge is 0.132 e. The number of nitrogens with two attached hydrogens (primary N) is 1. The minimum atomic E-state index is 0.444. The Kier molecular flexibility index (Phi) is 2.25. The Morgan fingerprint density at radius 2 is 2.30 bits per heavy atom. The lowest BCUT2D eigenvalue weighted by Crippen LogP contribution is -1.99. The molecule has 2 N–H and O–H groups in total. The van der Waals surface area contributed by atoms with Gasteiger partial charge < -0.3 is 5.73 Å². The summed E-state index contributed by atoms with van der Waals surface area (Å²) in [5.74, 6) is 0. The van der Waals surface area contributed by atoms with Crippen LogP contribution in [0.15, 0.2) is 12.1 Å². The van der Waals surface area contributed by atoms with Gasteiger partial charge in [0, 0.05) is 6.54 Å². The zero-order valence-electron chi connectivity index (χ0n) is 5.76. The average Bonchev–Trinajstić information content (AvgIpc) is 1.95. The van der Waals surface area contributed by atoms with Gasteiger partial charge in [0.05, 0.1) is 5.69 Å². The van der Waals surface area contributed by atoms with E-state index in [1.165, 1.54) is 0 Å². The molecular formula is C7H9ClN2. The molecule has 0 amide bonds. The van der Waals surface area contributed by atoms with Crippen LogP contribution in [0.3, 0.4) is 0 Å². The third-order valence-electron chi connectivity index (χ3n) is 1.30. The van der Waals surface area contributed by atoms with Crippen molar-refractivity contribution in [3.8, 4) is 0 Å². The van der Waals surface area contributed by atoms with Crippen LogP contribution in [0.25, 0.3) is 0 Å². The molecule has 0 fully saturated rings. The summed E-state index contributed by atoms with van der Waals surface area (Å²) in [6, 6.07) is 3.79. The van der Waals surface area contributed by atoms with Crippen LogP contribution in [0.1, 0.15) is 11.3 Å². The molecule has 0 radical (unpaired) electrons. The lowest BCUT2D eigenvalue weighted by Gasteiger charge is -1.98. The fourth-order valence-electron chi connectivity index (χ4n) is 0.655. The first-order chi connectivity index (χ1) is 4.74. The zero-order chi connectivity index (χ0) is 7.56. The van der Waals surface area contributed by atoms with E-state index in [4.69, 9.17) is 17.3 Å². The van der Waals surface area contributed by atoms with Gasteiger partial charge in [-0.2, -0.15) is 0 Å². The molecule has 54 valence electrons. The Morgan fingerprint density at radius 3 is 2.80 bits per heavy atom. The molecule has 1 heterocycles. The quantitative estimate of drug-likeness (QED) is 0.626. The van der Waals surface area contributed by atoms with Gasteiger partial charge in [-0.05, 0) is 18.6 Å². The Balaban J connectivity index is 3.04. The highest BCUT2D eigenvalue weighted by Crippen LogP contribution is 2.11. The highest BCUT2D eigenvalue weighted by molar-refractivity contribution is 6.30. The maximum absolute atomic E-state index is 5.73. The van der Waals surface area contributed by atoms with Crippen molar-refractivity contribution >= 4 is 11.6 Å². The van der Waals surface area contributed by atoms with Crippen LogP contribution in [-0.2, 0) is 6.54 Å². The maximum Gasteiger partial charge on any atom is 0.132 e. The summed E-state index contributed by atoms with van der Waals surface area (Å²) in [5, 5.41) is 0.544. The molecule has 1 aromatic heterocycles. The van der Waals surface area contributed by atoms with Gasteiger partial charge in [-0.1, -0.05) is 17.7 Å². The topological polar surface area (TPSA) is 38.9 Å². The van der Waals surface area contributed by atoms with E-state index >= 15 is 0 Å². The van der Waals surface area contributed by atoms with E-state index in [2.05, 4.69) is 4.98 Å². The highest BCUT2D eigenvalue weighted by atomic mass is 35.5. The molecule has 0 unspecified atom stereocenters. The molecule has 3 heteroatoms. The van der Waals surface area contributed by atoms with Crippen molar-refractivity contribution < 1.29 is 0 Å². The number of hydrogen-bond acceptors (Lipinski definition) is 2. The predicted molar refractivity (Wildman–Crippen MR) is 41.9 cm³/mol. The Hall–Kier alpha value is -0.600. The number of halogens is 1. The summed E-state index contributed by atoms with van der Waals surface area (Å²) in [6.07, 6.45) is 0. The number of nitrogens with zero attached hydrogens (tertiary/aromatic N) is 1. The lowest BCUT2D eigenvalue weighted by atomic mass is 10.3. The summed E-state index contributed by atoms with van der Waals surface area (Å²) in [5.41, 5.74) is 7.16. The molecule has 0 saturated carbocycles. The average molecular weight is 157 g/mol. The molecule has 0 aliphatic rings. The summed E-state index contributed by atoms with van der Waals surface area (Å²) >= 11 is 5.73. The van der Waals surface area contributed by atoms with Gasteiger partial charge in [0.15, 0.2) is 0 Å². The second-order valence-electron chi connectivity index (χ2n) is 2.11. The summed E-state index contributed by atoms with van der Waals surface area (Å²) in [4.78, 5) is 4.03. The lowest BCUT2D eigenvalue weighted by molar-refractivity contribution is 0.985. The third kappa shape index (κ3) is 1.46. The molecule has 1 rings (SSSR count). The van der Waals surface area contributed by atoms with Crippen molar-refractivity contribution in [2.24, 2.45) is 5.73 Å². The summed E-state index contributed by atoms with van der Waals surface area (Å²) in [7, 11) is 0.